The van der Waals surface area contributed by atoms with Crippen LogP contribution in [-0.4, -0.2) is 19.8 Å². The number of nitrogens with one attached hydrogen (secondary N) is 1. The predicted octanol–water partition coefficient (Wildman–Crippen LogP) is 3.96. The van der Waals surface area contributed by atoms with Crippen LogP contribution in [0.1, 0.15) is 24.9 Å². The summed E-state index contributed by atoms with van der Waals surface area (Å²) < 4.78 is 8.03. The SMILES string of the molecule is CNC(c1cc(Br)sc1Br)C1CCOC1C. The average molecular weight is 369 g/mol. The van der Waals surface area contributed by atoms with Crippen molar-refractivity contribution in [2.24, 2.45) is 5.92 Å². The third kappa shape index (κ3) is 2.53. The van der Waals surface area contributed by atoms with Gasteiger partial charge in [-0.05, 0) is 63.9 Å². The fourth-order valence-corrected chi connectivity index (χ4v) is 5.28. The number of ether oxygens (including phenoxy) is 1. The van der Waals surface area contributed by atoms with Crippen molar-refractivity contribution in [2.75, 3.05) is 13.7 Å². The standard InChI is InChI=1S/C11H15Br2NOS/c1-6-7(3-4-15-6)10(14-2)8-5-9(12)16-11(8)13/h5-7,10,14H,3-4H2,1-2H3. The van der Waals surface area contributed by atoms with E-state index in [4.69, 9.17) is 4.74 Å². The van der Waals surface area contributed by atoms with Crippen LogP contribution in [0.4, 0.5) is 0 Å². The van der Waals surface area contributed by atoms with Crippen LogP contribution in [0, 0.1) is 5.92 Å². The van der Waals surface area contributed by atoms with Crippen molar-refractivity contribution in [3.63, 3.8) is 0 Å². The van der Waals surface area contributed by atoms with Gasteiger partial charge in [0.05, 0.1) is 13.7 Å². The van der Waals surface area contributed by atoms with Crippen LogP contribution in [-0.2, 0) is 4.74 Å². The van der Waals surface area contributed by atoms with Gasteiger partial charge in [-0.25, -0.2) is 0 Å². The summed E-state index contributed by atoms with van der Waals surface area (Å²) in [6, 6.07) is 2.57. The lowest BCUT2D eigenvalue weighted by Crippen LogP contribution is -2.29. The molecular formula is C11H15Br2NOS. The minimum Gasteiger partial charge on any atom is -0.378 e. The van der Waals surface area contributed by atoms with Crippen LogP contribution in [0.15, 0.2) is 13.6 Å². The minimum absolute atomic E-state index is 0.336. The lowest BCUT2D eigenvalue weighted by molar-refractivity contribution is 0.0963. The van der Waals surface area contributed by atoms with Crippen molar-refractivity contribution in [3.8, 4) is 0 Å². The molecular weight excluding hydrogens is 354 g/mol. The molecule has 1 saturated heterocycles. The molecule has 2 nitrogen and oxygen atoms in total. The van der Waals surface area contributed by atoms with Crippen molar-refractivity contribution in [2.45, 2.75) is 25.5 Å². The minimum atomic E-state index is 0.336. The van der Waals surface area contributed by atoms with Gasteiger partial charge in [-0.1, -0.05) is 0 Å². The first-order valence-corrected chi connectivity index (χ1v) is 7.77. The molecule has 0 bridgehead atoms. The summed E-state index contributed by atoms with van der Waals surface area (Å²) in [4.78, 5) is 0. The van der Waals surface area contributed by atoms with Crippen LogP contribution in [0.25, 0.3) is 0 Å². The summed E-state index contributed by atoms with van der Waals surface area (Å²) >= 11 is 8.89. The van der Waals surface area contributed by atoms with E-state index in [0.717, 1.165) is 13.0 Å². The van der Waals surface area contributed by atoms with Gasteiger partial charge >= 0.3 is 0 Å². The quantitative estimate of drug-likeness (QED) is 0.871. The first-order chi connectivity index (χ1) is 7.63. The van der Waals surface area contributed by atoms with Gasteiger partial charge in [-0.15, -0.1) is 11.3 Å². The molecule has 1 aromatic rings. The van der Waals surface area contributed by atoms with Crippen LogP contribution >= 0.6 is 43.2 Å². The molecule has 0 aliphatic carbocycles. The third-order valence-electron chi connectivity index (χ3n) is 3.19. The fraction of sp³-hybridized carbons (Fsp3) is 0.636. The first kappa shape index (κ1) is 13.0. The summed E-state index contributed by atoms with van der Waals surface area (Å²) in [5, 5.41) is 3.42. The average Bonchev–Trinajstić information content (AvgIpc) is 2.77. The van der Waals surface area contributed by atoms with Crippen LogP contribution < -0.4 is 5.32 Å². The Labute approximate surface area is 117 Å². The number of rotatable bonds is 3. The van der Waals surface area contributed by atoms with Gasteiger partial charge in [0.2, 0.25) is 0 Å². The second kappa shape index (κ2) is 5.48. The van der Waals surface area contributed by atoms with E-state index in [-0.39, 0.29) is 0 Å². The van der Waals surface area contributed by atoms with Crippen molar-refractivity contribution < 1.29 is 4.74 Å². The fourth-order valence-electron chi connectivity index (χ4n) is 2.35. The Balaban J connectivity index is 2.25. The predicted molar refractivity (Wildman–Crippen MR) is 75.0 cm³/mol. The van der Waals surface area contributed by atoms with Crippen molar-refractivity contribution in [3.05, 3.63) is 19.2 Å². The summed E-state index contributed by atoms with van der Waals surface area (Å²) in [6.45, 7) is 3.05. The number of halogens is 2. The van der Waals surface area contributed by atoms with Crippen LogP contribution in [0.2, 0.25) is 0 Å². The van der Waals surface area contributed by atoms with Gasteiger partial charge in [0.1, 0.15) is 0 Å². The monoisotopic (exact) mass is 367 g/mol. The molecule has 0 saturated carbocycles. The summed E-state index contributed by atoms with van der Waals surface area (Å²) in [6.07, 6.45) is 1.47. The van der Waals surface area contributed by atoms with Crippen LogP contribution in [0.5, 0.6) is 0 Å². The lowest BCUT2D eigenvalue weighted by atomic mass is 9.90. The molecule has 16 heavy (non-hydrogen) atoms. The maximum Gasteiger partial charge on any atom is 0.0758 e. The number of thiophene rings is 1. The third-order valence-corrected chi connectivity index (χ3v) is 5.58. The molecule has 2 heterocycles. The van der Waals surface area contributed by atoms with Gasteiger partial charge in [-0.3, -0.25) is 0 Å². The van der Waals surface area contributed by atoms with E-state index in [1.807, 2.05) is 7.05 Å². The highest BCUT2D eigenvalue weighted by molar-refractivity contribution is 9.12. The molecule has 1 aliphatic rings. The molecule has 0 radical (unpaired) electrons. The molecule has 0 amide bonds. The summed E-state index contributed by atoms with van der Waals surface area (Å²) in [5.41, 5.74) is 1.33. The lowest BCUT2D eigenvalue weighted by Gasteiger charge is -2.25. The van der Waals surface area contributed by atoms with E-state index in [1.54, 1.807) is 11.3 Å². The molecule has 0 spiro atoms. The van der Waals surface area contributed by atoms with E-state index in [1.165, 1.54) is 13.1 Å². The van der Waals surface area contributed by atoms with Gasteiger partial charge in [0.15, 0.2) is 0 Å². The Kier molecular flexibility index (Phi) is 4.46. The Bertz CT molecular complexity index is 369. The normalized spacial score (nSPS) is 27.2. The van der Waals surface area contributed by atoms with Crippen LogP contribution in [0.3, 0.4) is 0 Å². The molecule has 3 unspecified atom stereocenters. The second-order valence-corrected chi connectivity index (χ2v) is 7.82. The zero-order valence-electron chi connectivity index (χ0n) is 9.30. The molecule has 1 N–H and O–H groups in total. The van der Waals surface area contributed by atoms with E-state index in [9.17, 15) is 0 Å². The number of hydrogen-bond donors (Lipinski definition) is 1. The Hall–Kier alpha value is 0.580. The van der Waals surface area contributed by atoms with Crippen molar-refractivity contribution in [1.29, 1.82) is 0 Å². The molecule has 1 aliphatic heterocycles. The smallest absolute Gasteiger partial charge is 0.0758 e. The zero-order chi connectivity index (χ0) is 11.7. The Morgan fingerprint density at radius 2 is 2.31 bits per heavy atom. The molecule has 1 aromatic heterocycles. The second-order valence-electron chi connectivity index (χ2n) is 4.07. The molecule has 90 valence electrons. The summed E-state index contributed by atoms with van der Waals surface area (Å²) in [7, 11) is 2.02. The maximum atomic E-state index is 5.65. The topological polar surface area (TPSA) is 21.3 Å². The van der Waals surface area contributed by atoms with E-state index in [0.29, 0.717) is 18.1 Å². The van der Waals surface area contributed by atoms with Crippen molar-refractivity contribution in [1.82, 2.24) is 5.32 Å². The molecule has 0 aromatic carbocycles. The molecule has 5 heteroatoms. The van der Waals surface area contributed by atoms with Gasteiger partial charge < -0.3 is 10.1 Å². The molecule has 1 fully saturated rings. The van der Waals surface area contributed by atoms with Gasteiger partial charge in [0.25, 0.3) is 0 Å². The first-order valence-electron chi connectivity index (χ1n) is 5.37. The van der Waals surface area contributed by atoms with E-state index >= 15 is 0 Å². The van der Waals surface area contributed by atoms with E-state index < -0.39 is 0 Å². The van der Waals surface area contributed by atoms with Gasteiger partial charge in [0, 0.05) is 18.6 Å². The number of hydrogen-bond acceptors (Lipinski definition) is 3. The van der Waals surface area contributed by atoms with Gasteiger partial charge in [-0.2, -0.15) is 0 Å². The highest BCUT2D eigenvalue weighted by Crippen LogP contribution is 2.41. The molecule has 3 atom stereocenters. The van der Waals surface area contributed by atoms with E-state index in [2.05, 4.69) is 50.2 Å². The molecule has 2 rings (SSSR count). The highest BCUT2D eigenvalue weighted by Gasteiger charge is 2.33. The highest BCUT2D eigenvalue weighted by atomic mass is 79.9. The Morgan fingerprint density at radius 1 is 1.56 bits per heavy atom. The maximum absolute atomic E-state index is 5.65. The zero-order valence-corrected chi connectivity index (χ0v) is 13.3. The summed E-state index contributed by atoms with van der Waals surface area (Å²) in [5.74, 6) is 0.558. The Morgan fingerprint density at radius 3 is 2.75 bits per heavy atom. The van der Waals surface area contributed by atoms with Crippen molar-refractivity contribution >= 4 is 43.2 Å². The largest absolute Gasteiger partial charge is 0.378 e.